The molecule has 15 heavy (non-hydrogen) atoms. The molecule has 0 aliphatic heterocycles. The molecule has 1 unspecified atom stereocenters. The molecule has 0 saturated heterocycles. The van der Waals surface area contributed by atoms with Crippen LogP contribution in [-0.2, 0) is 16.0 Å². The number of hydrogen-bond acceptors (Lipinski definition) is 2. The van der Waals surface area contributed by atoms with Crippen molar-refractivity contribution in [2.45, 2.75) is 20.3 Å². The van der Waals surface area contributed by atoms with Gasteiger partial charge in [0.15, 0.2) is 0 Å². The van der Waals surface area contributed by atoms with Crippen LogP contribution >= 0.6 is 15.9 Å². The molecule has 0 radical (unpaired) electrons. The van der Waals surface area contributed by atoms with E-state index in [4.69, 9.17) is 0 Å². The van der Waals surface area contributed by atoms with Crippen molar-refractivity contribution in [3.05, 3.63) is 34.3 Å². The minimum absolute atomic E-state index is 0.0233. The minimum atomic E-state index is -0.492. The first kappa shape index (κ1) is 12.1. The predicted octanol–water partition coefficient (Wildman–Crippen LogP) is 2.79. The lowest BCUT2D eigenvalue weighted by molar-refractivity contribution is -0.130. The van der Waals surface area contributed by atoms with E-state index in [-0.39, 0.29) is 11.6 Å². The summed E-state index contributed by atoms with van der Waals surface area (Å²) in [7, 11) is 0. The van der Waals surface area contributed by atoms with E-state index < -0.39 is 5.92 Å². The maximum absolute atomic E-state index is 11.6. The molecule has 0 aliphatic carbocycles. The Morgan fingerprint density at radius 2 is 1.80 bits per heavy atom. The third-order valence-electron chi connectivity index (χ3n) is 2.38. The number of hydrogen-bond donors (Lipinski definition) is 0. The Morgan fingerprint density at radius 3 is 2.27 bits per heavy atom. The summed E-state index contributed by atoms with van der Waals surface area (Å²) in [6, 6.07) is 7.55. The molecular weight excluding hydrogens is 256 g/mol. The molecule has 0 aromatic heterocycles. The van der Waals surface area contributed by atoms with Gasteiger partial charge in [-0.15, -0.1) is 0 Å². The van der Waals surface area contributed by atoms with E-state index >= 15 is 0 Å². The van der Waals surface area contributed by atoms with E-state index in [1.165, 1.54) is 6.92 Å². The summed E-state index contributed by atoms with van der Waals surface area (Å²) in [4.78, 5) is 22.6. The summed E-state index contributed by atoms with van der Waals surface area (Å²) in [5, 5.41) is 0. The second-order valence-corrected chi connectivity index (χ2v) is 4.52. The Labute approximate surface area is 97.8 Å². The molecule has 2 nitrogen and oxygen atoms in total. The van der Waals surface area contributed by atoms with Crippen LogP contribution in [0.25, 0.3) is 0 Å². The minimum Gasteiger partial charge on any atom is -0.299 e. The van der Waals surface area contributed by atoms with Crippen molar-refractivity contribution in [1.82, 2.24) is 0 Å². The van der Waals surface area contributed by atoms with Crippen molar-refractivity contribution in [3.8, 4) is 0 Å². The van der Waals surface area contributed by atoms with Crippen LogP contribution < -0.4 is 0 Å². The standard InChI is InChI=1S/C12H13BrO2/c1-8(9(2)14)12(15)7-10-3-5-11(13)6-4-10/h3-6,8H,7H2,1-2H3. The highest BCUT2D eigenvalue weighted by molar-refractivity contribution is 9.10. The van der Waals surface area contributed by atoms with E-state index in [0.29, 0.717) is 6.42 Å². The number of benzene rings is 1. The molecule has 0 bridgehead atoms. The summed E-state index contributed by atoms with van der Waals surface area (Å²) < 4.78 is 0.985. The van der Waals surface area contributed by atoms with Crippen LogP contribution in [0.15, 0.2) is 28.7 Å². The molecule has 0 amide bonds. The van der Waals surface area contributed by atoms with Crippen molar-refractivity contribution in [3.63, 3.8) is 0 Å². The summed E-state index contributed by atoms with van der Waals surface area (Å²) in [6.07, 6.45) is 0.327. The van der Waals surface area contributed by atoms with E-state index in [9.17, 15) is 9.59 Å². The molecule has 0 fully saturated rings. The lowest BCUT2D eigenvalue weighted by Crippen LogP contribution is -2.20. The zero-order valence-electron chi connectivity index (χ0n) is 8.79. The van der Waals surface area contributed by atoms with Crippen molar-refractivity contribution >= 4 is 27.5 Å². The molecule has 80 valence electrons. The van der Waals surface area contributed by atoms with E-state index in [2.05, 4.69) is 15.9 Å². The van der Waals surface area contributed by atoms with Gasteiger partial charge in [0.25, 0.3) is 0 Å². The van der Waals surface area contributed by atoms with Gasteiger partial charge < -0.3 is 0 Å². The van der Waals surface area contributed by atoms with Crippen LogP contribution in [0.5, 0.6) is 0 Å². The Balaban J connectivity index is 2.66. The largest absolute Gasteiger partial charge is 0.299 e. The number of halogens is 1. The van der Waals surface area contributed by atoms with E-state index in [1.54, 1.807) is 6.92 Å². The van der Waals surface area contributed by atoms with Crippen molar-refractivity contribution < 1.29 is 9.59 Å². The van der Waals surface area contributed by atoms with Gasteiger partial charge in [0.1, 0.15) is 11.6 Å². The van der Waals surface area contributed by atoms with Crippen molar-refractivity contribution in [1.29, 1.82) is 0 Å². The highest BCUT2D eigenvalue weighted by Gasteiger charge is 2.17. The normalized spacial score (nSPS) is 12.2. The van der Waals surface area contributed by atoms with Gasteiger partial charge in [-0.3, -0.25) is 9.59 Å². The molecule has 0 spiro atoms. The van der Waals surface area contributed by atoms with Gasteiger partial charge in [0.05, 0.1) is 5.92 Å². The number of Topliss-reactive ketones (excluding diaryl/α,β-unsaturated/α-hetero) is 2. The third-order valence-corrected chi connectivity index (χ3v) is 2.91. The van der Waals surface area contributed by atoms with Gasteiger partial charge in [0, 0.05) is 10.9 Å². The highest BCUT2D eigenvalue weighted by atomic mass is 79.9. The van der Waals surface area contributed by atoms with Gasteiger partial charge in [-0.1, -0.05) is 28.1 Å². The molecule has 3 heteroatoms. The fourth-order valence-corrected chi connectivity index (χ4v) is 1.45. The molecule has 1 rings (SSSR count). The first-order chi connectivity index (χ1) is 7.00. The van der Waals surface area contributed by atoms with Crippen molar-refractivity contribution in [2.75, 3.05) is 0 Å². The number of ketones is 2. The third kappa shape index (κ3) is 3.59. The second-order valence-electron chi connectivity index (χ2n) is 3.60. The summed E-state index contributed by atoms with van der Waals surface area (Å²) in [5.41, 5.74) is 0.941. The monoisotopic (exact) mass is 268 g/mol. The highest BCUT2D eigenvalue weighted by Crippen LogP contribution is 2.12. The molecule has 0 heterocycles. The van der Waals surface area contributed by atoms with Gasteiger partial charge >= 0.3 is 0 Å². The van der Waals surface area contributed by atoms with Gasteiger partial charge in [-0.05, 0) is 31.5 Å². The lowest BCUT2D eigenvalue weighted by Gasteiger charge is -2.06. The molecule has 0 aliphatic rings. The van der Waals surface area contributed by atoms with Gasteiger partial charge in [0.2, 0.25) is 0 Å². The number of rotatable bonds is 4. The van der Waals surface area contributed by atoms with Gasteiger partial charge in [-0.2, -0.15) is 0 Å². The zero-order valence-corrected chi connectivity index (χ0v) is 10.4. The van der Waals surface area contributed by atoms with Crippen LogP contribution in [0.3, 0.4) is 0 Å². The van der Waals surface area contributed by atoms with Crippen LogP contribution in [0.2, 0.25) is 0 Å². The first-order valence-corrected chi connectivity index (χ1v) is 5.57. The van der Waals surface area contributed by atoms with E-state index in [0.717, 1.165) is 10.0 Å². The topological polar surface area (TPSA) is 34.1 Å². The molecule has 1 atom stereocenters. The first-order valence-electron chi connectivity index (χ1n) is 4.78. The zero-order chi connectivity index (χ0) is 11.4. The fraction of sp³-hybridized carbons (Fsp3) is 0.333. The van der Waals surface area contributed by atoms with E-state index in [1.807, 2.05) is 24.3 Å². The molecule has 1 aromatic rings. The van der Waals surface area contributed by atoms with Crippen molar-refractivity contribution in [2.24, 2.45) is 5.92 Å². The number of carbonyl (C=O) groups is 2. The SMILES string of the molecule is CC(=O)C(C)C(=O)Cc1ccc(Br)cc1. The Morgan fingerprint density at radius 1 is 1.27 bits per heavy atom. The lowest BCUT2D eigenvalue weighted by atomic mass is 9.97. The summed E-state index contributed by atoms with van der Waals surface area (Å²) >= 11 is 3.32. The van der Waals surface area contributed by atoms with Crippen LogP contribution in [0, 0.1) is 5.92 Å². The maximum atomic E-state index is 11.6. The summed E-state index contributed by atoms with van der Waals surface area (Å²) in [5.74, 6) is -0.587. The molecule has 0 N–H and O–H groups in total. The summed E-state index contributed by atoms with van der Waals surface area (Å²) in [6.45, 7) is 3.10. The fourth-order valence-electron chi connectivity index (χ4n) is 1.18. The molecular formula is C12H13BrO2. The second kappa shape index (κ2) is 5.21. The van der Waals surface area contributed by atoms with Crippen LogP contribution in [0.1, 0.15) is 19.4 Å². The molecule has 0 saturated carbocycles. The Hall–Kier alpha value is -0.960. The Bertz CT molecular complexity index is 368. The maximum Gasteiger partial charge on any atom is 0.147 e. The average molecular weight is 269 g/mol. The molecule has 1 aromatic carbocycles. The van der Waals surface area contributed by atoms with Crippen LogP contribution in [-0.4, -0.2) is 11.6 Å². The average Bonchev–Trinajstić information content (AvgIpc) is 2.20. The Kier molecular flexibility index (Phi) is 4.21. The number of carbonyl (C=O) groups excluding carboxylic acids is 2. The van der Waals surface area contributed by atoms with Crippen LogP contribution in [0.4, 0.5) is 0 Å². The quantitative estimate of drug-likeness (QED) is 0.787. The predicted molar refractivity (Wildman–Crippen MR) is 62.7 cm³/mol. The van der Waals surface area contributed by atoms with Gasteiger partial charge in [-0.25, -0.2) is 0 Å². The smallest absolute Gasteiger partial charge is 0.147 e.